The number of pyridine rings is 1. The quantitative estimate of drug-likeness (QED) is 0.627. The summed E-state index contributed by atoms with van der Waals surface area (Å²) in [5.74, 6) is 0.146. The monoisotopic (exact) mass is 405 g/mol. The van der Waals surface area contributed by atoms with E-state index in [9.17, 15) is 9.59 Å². The van der Waals surface area contributed by atoms with Crippen LogP contribution in [0.15, 0.2) is 47.5 Å². The summed E-state index contributed by atoms with van der Waals surface area (Å²) in [4.78, 5) is 29.3. The van der Waals surface area contributed by atoms with E-state index in [0.29, 0.717) is 35.5 Å². The molecule has 1 aromatic carbocycles. The number of rotatable bonds is 7. The molecule has 0 saturated carbocycles. The predicted molar refractivity (Wildman–Crippen MR) is 112 cm³/mol. The molecule has 1 atom stereocenters. The molecule has 0 aliphatic carbocycles. The van der Waals surface area contributed by atoms with E-state index >= 15 is 0 Å². The summed E-state index contributed by atoms with van der Waals surface area (Å²) in [5, 5.41) is 14.7. The fourth-order valence-electron chi connectivity index (χ4n) is 3.03. The van der Waals surface area contributed by atoms with Crippen molar-refractivity contribution in [1.29, 1.82) is 5.26 Å². The molecule has 8 heteroatoms. The van der Waals surface area contributed by atoms with Gasteiger partial charge in [-0.2, -0.15) is 5.26 Å². The first kappa shape index (κ1) is 21.0. The number of H-pyrrole nitrogens is 1. The lowest BCUT2D eigenvalue weighted by Gasteiger charge is -2.10. The third-order valence-electron chi connectivity index (χ3n) is 4.90. The highest BCUT2D eigenvalue weighted by molar-refractivity contribution is 5.93. The minimum absolute atomic E-state index is 0.0690. The summed E-state index contributed by atoms with van der Waals surface area (Å²) >= 11 is 0. The lowest BCUT2D eigenvalue weighted by Crippen LogP contribution is -2.27. The van der Waals surface area contributed by atoms with Crippen LogP contribution >= 0.6 is 0 Å². The Morgan fingerprint density at radius 3 is 2.77 bits per heavy atom. The molecule has 0 bridgehead atoms. The number of hydrogen-bond acceptors (Lipinski definition) is 5. The lowest BCUT2D eigenvalue weighted by atomic mass is 10.0. The van der Waals surface area contributed by atoms with Crippen LogP contribution in [0.4, 0.5) is 0 Å². The highest BCUT2D eigenvalue weighted by Gasteiger charge is 2.14. The Morgan fingerprint density at radius 2 is 2.13 bits per heavy atom. The Balaban J connectivity index is 1.77. The maximum absolute atomic E-state index is 12.9. The van der Waals surface area contributed by atoms with Crippen LogP contribution in [-0.2, 0) is 4.74 Å². The van der Waals surface area contributed by atoms with E-state index in [2.05, 4.69) is 21.5 Å². The molecule has 30 heavy (non-hydrogen) atoms. The molecule has 154 valence electrons. The maximum atomic E-state index is 12.9. The molecular weight excluding hydrogens is 382 g/mol. The van der Waals surface area contributed by atoms with Gasteiger partial charge in [-0.1, -0.05) is 6.07 Å². The molecule has 2 heterocycles. The van der Waals surface area contributed by atoms with Crippen LogP contribution in [0.25, 0.3) is 16.9 Å². The van der Waals surface area contributed by atoms with Crippen molar-refractivity contribution in [3.8, 4) is 23.0 Å². The Bertz CT molecular complexity index is 1140. The molecule has 0 radical (unpaired) electrons. The zero-order valence-electron chi connectivity index (χ0n) is 17.1. The Morgan fingerprint density at radius 1 is 1.33 bits per heavy atom. The molecule has 0 fully saturated rings. The Hall–Kier alpha value is -3.70. The number of hydrogen-bond donors (Lipinski definition) is 2. The molecule has 1 amide bonds. The highest BCUT2D eigenvalue weighted by atomic mass is 16.5. The number of aromatic amines is 1. The summed E-state index contributed by atoms with van der Waals surface area (Å²) in [6.45, 7) is 4.29. The van der Waals surface area contributed by atoms with Gasteiger partial charge in [-0.05, 0) is 55.7 Å². The van der Waals surface area contributed by atoms with Crippen molar-refractivity contribution in [2.45, 2.75) is 26.4 Å². The van der Waals surface area contributed by atoms with Crippen molar-refractivity contribution in [3.05, 3.63) is 69.8 Å². The second-order valence-corrected chi connectivity index (χ2v) is 6.97. The van der Waals surface area contributed by atoms with Crippen molar-refractivity contribution in [2.75, 3.05) is 13.7 Å². The van der Waals surface area contributed by atoms with Crippen molar-refractivity contribution in [1.82, 2.24) is 20.1 Å². The van der Waals surface area contributed by atoms with Crippen LogP contribution in [0.1, 0.15) is 34.8 Å². The number of amides is 1. The average Bonchev–Trinajstić information content (AvgIpc) is 3.14. The summed E-state index contributed by atoms with van der Waals surface area (Å²) < 4.78 is 6.47. The number of carbonyl (C=O) groups excluding carboxylic acids is 1. The first-order chi connectivity index (χ1) is 14.4. The van der Waals surface area contributed by atoms with Crippen LogP contribution in [0.2, 0.25) is 0 Å². The molecular formula is C22H23N5O3. The number of carbonyl (C=O) groups is 1. The van der Waals surface area contributed by atoms with Crippen LogP contribution < -0.4 is 10.9 Å². The van der Waals surface area contributed by atoms with Gasteiger partial charge in [0.2, 0.25) is 0 Å². The molecule has 3 aromatic rings. The van der Waals surface area contributed by atoms with E-state index in [0.717, 1.165) is 11.1 Å². The van der Waals surface area contributed by atoms with E-state index in [1.165, 1.54) is 10.9 Å². The number of benzene rings is 1. The summed E-state index contributed by atoms with van der Waals surface area (Å²) in [7, 11) is 1.63. The van der Waals surface area contributed by atoms with Crippen molar-refractivity contribution in [3.63, 3.8) is 0 Å². The van der Waals surface area contributed by atoms with Crippen molar-refractivity contribution < 1.29 is 9.53 Å². The lowest BCUT2D eigenvalue weighted by molar-refractivity contribution is 0.0917. The Kier molecular flexibility index (Phi) is 6.45. The smallest absolute Gasteiger partial charge is 0.280 e. The van der Waals surface area contributed by atoms with E-state index in [1.807, 2.05) is 13.8 Å². The van der Waals surface area contributed by atoms with Gasteiger partial charge in [0.15, 0.2) is 5.82 Å². The van der Waals surface area contributed by atoms with Gasteiger partial charge in [0.05, 0.1) is 28.9 Å². The van der Waals surface area contributed by atoms with E-state index < -0.39 is 0 Å². The second kappa shape index (κ2) is 9.20. The first-order valence-electron chi connectivity index (χ1n) is 9.53. The van der Waals surface area contributed by atoms with E-state index in [-0.39, 0.29) is 17.6 Å². The molecule has 2 aromatic heterocycles. The minimum atomic E-state index is -0.263. The third-order valence-corrected chi connectivity index (χ3v) is 4.90. The molecule has 0 aliphatic rings. The molecule has 0 aliphatic heterocycles. The molecule has 8 nitrogen and oxygen atoms in total. The minimum Gasteiger partial charge on any atom is -0.382 e. The van der Waals surface area contributed by atoms with Gasteiger partial charge >= 0.3 is 0 Å². The van der Waals surface area contributed by atoms with Crippen LogP contribution in [0.3, 0.4) is 0 Å². The normalized spacial score (nSPS) is 11.7. The maximum Gasteiger partial charge on any atom is 0.280 e. The summed E-state index contributed by atoms with van der Waals surface area (Å²) in [5.41, 5.74) is 2.75. The van der Waals surface area contributed by atoms with Gasteiger partial charge in [-0.25, -0.2) is 9.67 Å². The first-order valence-corrected chi connectivity index (χ1v) is 9.53. The summed E-state index contributed by atoms with van der Waals surface area (Å²) in [6, 6.07) is 10.5. The zero-order valence-corrected chi connectivity index (χ0v) is 17.1. The van der Waals surface area contributed by atoms with Gasteiger partial charge in [0.1, 0.15) is 0 Å². The molecule has 0 saturated heterocycles. The number of methoxy groups -OCH3 is 1. The van der Waals surface area contributed by atoms with Crippen molar-refractivity contribution >= 4 is 5.91 Å². The average molecular weight is 405 g/mol. The SMILES string of the molecule is COC(C)CCNC(=O)c1ccc(-n2[nH]cc(-c3ccc(C#N)cc3C)c2=O)nc1. The summed E-state index contributed by atoms with van der Waals surface area (Å²) in [6.07, 6.45) is 3.82. The molecule has 1 unspecified atom stereocenters. The van der Waals surface area contributed by atoms with Crippen LogP contribution in [0.5, 0.6) is 0 Å². The molecule has 2 N–H and O–H groups in total. The fraction of sp³-hybridized carbons (Fsp3) is 0.273. The van der Waals surface area contributed by atoms with Gasteiger partial charge in [-0.15, -0.1) is 0 Å². The molecule has 3 rings (SSSR count). The van der Waals surface area contributed by atoms with Crippen LogP contribution in [-0.4, -0.2) is 40.4 Å². The zero-order chi connectivity index (χ0) is 21.7. The Labute approximate surface area is 174 Å². The van der Waals surface area contributed by atoms with Gasteiger partial charge in [0.25, 0.3) is 11.5 Å². The van der Waals surface area contributed by atoms with Crippen molar-refractivity contribution in [2.24, 2.45) is 0 Å². The number of ether oxygens (including phenoxy) is 1. The van der Waals surface area contributed by atoms with Gasteiger partial charge in [0, 0.05) is 26.0 Å². The highest BCUT2D eigenvalue weighted by Crippen LogP contribution is 2.21. The number of nitriles is 1. The van der Waals surface area contributed by atoms with Gasteiger partial charge < -0.3 is 10.1 Å². The largest absolute Gasteiger partial charge is 0.382 e. The van der Waals surface area contributed by atoms with E-state index in [1.54, 1.807) is 43.6 Å². The second-order valence-electron chi connectivity index (χ2n) is 6.97. The number of aryl methyl sites for hydroxylation is 1. The predicted octanol–water partition coefficient (Wildman–Crippen LogP) is 2.56. The van der Waals surface area contributed by atoms with Gasteiger partial charge in [-0.3, -0.25) is 14.7 Å². The van der Waals surface area contributed by atoms with Crippen LogP contribution in [0, 0.1) is 18.3 Å². The number of nitrogens with one attached hydrogen (secondary N) is 2. The topological polar surface area (TPSA) is 113 Å². The molecule has 0 spiro atoms. The fourth-order valence-corrected chi connectivity index (χ4v) is 3.03. The third kappa shape index (κ3) is 4.47. The van der Waals surface area contributed by atoms with E-state index in [4.69, 9.17) is 10.00 Å². The standard InChI is InChI=1S/C22H23N5O3/c1-14-10-16(11-23)4-6-18(14)19-13-26-27(22(19)29)20-7-5-17(12-25-20)21(28)24-9-8-15(2)30-3/h4-7,10,12-13,15,26H,8-9H2,1-3H3,(H,24,28). The number of aromatic nitrogens is 3. The number of nitrogens with zero attached hydrogens (tertiary/aromatic N) is 3.